The van der Waals surface area contributed by atoms with Gasteiger partial charge in [0.1, 0.15) is 11.6 Å². The Bertz CT molecular complexity index is 500. The Morgan fingerprint density at radius 2 is 2.19 bits per heavy atom. The fourth-order valence-corrected chi connectivity index (χ4v) is 1.70. The quantitative estimate of drug-likeness (QED) is 0.906. The summed E-state index contributed by atoms with van der Waals surface area (Å²) < 4.78 is 19.2. The Morgan fingerprint density at radius 3 is 2.81 bits per heavy atom. The van der Waals surface area contributed by atoms with E-state index < -0.39 is 5.82 Å². The summed E-state index contributed by atoms with van der Waals surface area (Å²) in [5.74, 6) is 0.320. The molecule has 0 spiro atoms. The molecule has 5 heteroatoms. The molecule has 0 aliphatic heterocycles. The van der Waals surface area contributed by atoms with Crippen molar-refractivity contribution < 1.29 is 8.81 Å². The smallest absolute Gasteiger partial charge is 0.143 e. The van der Waals surface area contributed by atoms with E-state index in [4.69, 9.17) is 16.0 Å². The number of hydrogen-bond donors (Lipinski definition) is 1. The maximum absolute atomic E-state index is 13.1. The van der Waals surface area contributed by atoms with Crippen LogP contribution in [0.3, 0.4) is 0 Å². The molecule has 0 fully saturated rings. The van der Waals surface area contributed by atoms with Gasteiger partial charge in [-0.3, -0.25) is 0 Å². The summed E-state index contributed by atoms with van der Waals surface area (Å²) in [4.78, 5) is 0. The third kappa shape index (κ3) is 2.57. The van der Waals surface area contributed by atoms with E-state index in [1.54, 1.807) is 18.4 Å². The first-order valence-electron chi connectivity index (χ1n) is 4.57. The van der Waals surface area contributed by atoms with Crippen LogP contribution in [0.1, 0.15) is 5.76 Å². The lowest BCUT2D eigenvalue weighted by atomic mass is 10.3. The first kappa shape index (κ1) is 11.5. The van der Waals surface area contributed by atoms with E-state index in [2.05, 4.69) is 21.2 Å². The van der Waals surface area contributed by atoms with Crippen molar-refractivity contribution in [1.82, 2.24) is 0 Å². The number of rotatable bonds is 3. The predicted octanol–water partition coefficient (Wildman–Crippen LogP) is 4.45. The average Bonchev–Trinajstić information content (AvgIpc) is 2.66. The summed E-state index contributed by atoms with van der Waals surface area (Å²) in [6.45, 7) is 0.481. The van der Waals surface area contributed by atoms with Crippen LogP contribution < -0.4 is 5.32 Å². The number of anilines is 1. The van der Waals surface area contributed by atoms with E-state index in [1.165, 1.54) is 12.1 Å². The second-order valence-electron chi connectivity index (χ2n) is 3.17. The van der Waals surface area contributed by atoms with Gasteiger partial charge >= 0.3 is 0 Å². The minimum atomic E-state index is -0.440. The van der Waals surface area contributed by atoms with Gasteiger partial charge in [-0.05, 0) is 40.2 Å². The first-order valence-corrected chi connectivity index (χ1v) is 5.74. The van der Waals surface area contributed by atoms with Crippen LogP contribution in [0.5, 0.6) is 0 Å². The third-order valence-corrected chi connectivity index (χ3v) is 3.08. The lowest BCUT2D eigenvalue weighted by Crippen LogP contribution is -1.99. The van der Waals surface area contributed by atoms with E-state index in [9.17, 15) is 4.39 Å². The average molecular weight is 305 g/mol. The van der Waals surface area contributed by atoms with Crippen LogP contribution in [0.2, 0.25) is 5.02 Å². The minimum absolute atomic E-state index is 0.115. The molecule has 0 amide bonds. The molecule has 0 saturated carbocycles. The van der Waals surface area contributed by atoms with Gasteiger partial charge in [-0.2, -0.15) is 0 Å². The van der Waals surface area contributed by atoms with Crippen molar-refractivity contribution in [2.75, 3.05) is 5.32 Å². The standard InChI is InChI=1S/C11H8BrClFNO/c12-8-3-4-16-11(8)6-15-7-1-2-9(13)10(14)5-7/h1-5,15H,6H2. The highest BCUT2D eigenvalue weighted by Gasteiger charge is 2.04. The fraction of sp³-hybridized carbons (Fsp3) is 0.0909. The zero-order valence-corrected chi connectivity index (χ0v) is 10.5. The van der Waals surface area contributed by atoms with E-state index in [0.29, 0.717) is 12.2 Å². The second-order valence-corrected chi connectivity index (χ2v) is 4.44. The molecule has 2 aromatic rings. The highest BCUT2D eigenvalue weighted by molar-refractivity contribution is 9.10. The summed E-state index contributed by atoms with van der Waals surface area (Å²) in [6, 6.07) is 6.37. The molecule has 84 valence electrons. The molecule has 1 N–H and O–H groups in total. The Labute approximate surface area is 106 Å². The monoisotopic (exact) mass is 303 g/mol. The van der Waals surface area contributed by atoms with Crippen molar-refractivity contribution in [3.05, 3.63) is 51.6 Å². The molecule has 0 radical (unpaired) electrons. The van der Waals surface area contributed by atoms with Crippen LogP contribution in [-0.2, 0) is 6.54 Å². The number of hydrogen-bond acceptors (Lipinski definition) is 2. The third-order valence-electron chi connectivity index (χ3n) is 2.06. The van der Waals surface area contributed by atoms with Gasteiger partial charge in [-0.25, -0.2) is 4.39 Å². The molecular formula is C11H8BrClFNO. The Hall–Kier alpha value is -1.000. The van der Waals surface area contributed by atoms with E-state index in [0.717, 1.165) is 10.2 Å². The minimum Gasteiger partial charge on any atom is -0.466 e. The van der Waals surface area contributed by atoms with Crippen LogP contribution in [0, 0.1) is 5.82 Å². The van der Waals surface area contributed by atoms with Crippen molar-refractivity contribution in [3.63, 3.8) is 0 Å². The summed E-state index contributed by atoms with van der Waals surface area (Å²) in [5, 5.41) is 3.15. The van der Waals surface area contributed by atoms with Crippen LogP contribution in [0.25, 0.3) is 0 Å². The molecule has 1 aromatic heterocycles. The van der Waals surface area contributed by atoms with Gasteiger partial charge in [-0.15, -0.1) is 0 Å². The van der Waals surface area contributed by atoms with Gasteiger partial charge < -0.3 is 9.73 Å². The van der Waals surface area contributed by atoms with Crippen molar-refractivity contribution in [1.29, 1.82) is 0 Å². The molecule has 2 nitrogen and oxygen atoms in total. The summed E-state index contributed by atoms with van der Waals surface area (Å²) in [5.41, 5.74) is 0.658. The molecule has 0 unspecified atom stereocenters. The second kappa shape index (κ2) is 4.89. The molecular weight excluding hydrogens is 296 g/mol. The number of benzene rings is 1. The Kier molecular flexibility index (Phi) is 3.51. The van der Waals surface area contributed by atoms with E-state index >= 15 is 0 Å². The largest absolute Gasteiger partial charge is 0.466 e. The van der Waals surface area contributed by atoms with Gasteiger partial charge in [0.05, 0.1) is 22.3 Å². The maximum atomic E-state index is 13.1. The van der Waals surface area contributed by atoms with E-state index in [-0.39, 0.29) is 5.02 Å². The fourth-order valence-electron chi connectivity index (χ4n) is 1.24. The highest BCUT2D eigenvalue weighted by Crippen LogP contribution is 2.21. The topological polar surface area (TPSA) is 25.2 Å². The SMILES string of the molecule is Fc1cc(NCc2occc2Br)ccc1Cl. The van der Waals surface area contributed by atoms with Gasteiger partial charge in [0, 0.05) is 5.69 Å². The lowest BCUT2D eigenvalue weighted by molar-refractivity contribution is 0.516. The predicted molar refractivity (Wildman–Crippen MR) is 65.1 cm³/mol. The van der Waals surface area contributed by atoms with Crippen LogP contribution in [-0.4, -0.2) is 0 Å². The number of nitrogens with one attached hydrogen (secondary N) is 1. The molecule has 0 aliphatic carbocycles. The molecule has 0 aliphatic rings. The van der Waals surface area contributed by atoms with Crippen LogP contribution in [0.15, 0.2) is 39.4 Å². The van der Waals surface area contributed by atoms with E-state index in [1.807, 2.05) is 0 Å². The van der Waals surface area contributed by atoms with Crippen molar-refractivity contribution >= 4 is 33.2 Å². The van der Waals surface area contributed by atoms with Gasteiger partial charge in [0.15, 0.2) is 0 Å². The normalized spacial score (nSPS) is 10.4. The zero-order chi connectivity index (χ0) is 11.5. The maximum Gasteiger partial charge on any atom is 0.143 e. The summed E-state index contributed by atoms with van der Waals surface area (Å²) in [7, 11) is 0. The molecule has 16 heavy (non-hydrogen) atoms. The number of furan rings is 1. The molecule has 0 bridgehead atoms. The first-order chi connectivity index (χ1) is 7.66. The molecule has 0 atom stereocenters. The summed E-state index contributed by atoms with van der Waals surface area (Å²) >= 11 is 8.91. The molecule has 0 saturated heterocycles. The van der Waals surface area contributed by atoms with Crippen LogP contribution >= 0.6 is 27.5 Å². The Morgan fingerprint density at radius 1 is 1.38 bits per heavy atom. The Balaban J connectivity index is 2.05. The highest BCUT2D eigenvalue weighted by atomic mass is 79.9. The lowest BCUT2D eigenvalue weighted by Gasteiger charge is -2.05. The summed E-state index contributed by atoms with van der Waals surface area (Å²) in [6.07, 6.45) is 1.59. The molecule has 1 heterocycles. The number of halogens is 3. The van der Waals surface area contributed by atoms with Gasteiger partial charge in [-0.1, -0.05) is 11.6 Å². The van der Waals surface area contributed by atoms with Gasteiger partial charge in [0.25, 0.3) is 0 Å². The van der Waals surface area contributed by atoms with Crippen molar-refractivity contribution in [2.24, 2.45) is 0 Å². The zero-order valence-electron chi connectivity index (χ0n) is 8.14. The van der Waals surface area contributed by atoms with Crippen molar-refractivity contribution in [3.8, 4) is 0 Å². The van der Waals surface area contributed by atoms with Crippen LogP contribution in [0.4, 0.5) is 10.1 Å². The molecule has 2 rings (SSSR count). The van der Waals surface area contributed by atoms with Gasteiger partial charge in [0.2, 0.25) is 0 Å². The van der Waals surface area contributed by atoms with Crippen molar-refractivity contribution in [2.45, 2.75) is 6.54 Å². The molecule has 1 aromatic carbocycles.